The highest BCUT2D eigenvalue weighted by Gasteiger charge is 2.45. The summed E-state index contributed by atoms with van der Waals surface area (Å²) < 4.78 is 38.6. The molecule has 0 N–H and O–H groups in total. The molecule has 5 nitrogen and oxygen atoms in total. The molecule has 33 heavy (non-hydrogen) atoms. The van der Waals surface area contributed by atoms with Gasteiger partial charge in [-0.15, -0.1) is 11.3 Å². The zero-order chi connectivity index (χ0) is 23.2. The zero-order valence-corrected chi connectivity index (χ0v) is 19.1. The Labute approximate surface area is 194 Å². The Morgan fingerprint density at radius 2 is 1.91 bits per heavy atom. The molecule has 0 radical (unpaired) electrons. The number of likely N-dealkylation sites (tertiary alicyclic amines) is 1. The molecule has 2 fully saturated rings. The molecule has 0 saturated carbocycles. The summed E-state index contributed by atoms with van der Waals surface area (Å²) in [5.41, 5.74) is 2.02. The van der Waals surface area contributed by atoms with E-state index in [1.165, 1.54) is 11.9 Å². The van der Waals surface area contributed by atoms with Crippen LogP contribution in [0.4, 0.5) is 19.0 Å². The van der Waals surface area contributed by atoms with Gasteiger partial charge in [0.2, 0.25) is 0 Å². The molecule has 9 heteroatoms. The minimum absolute atomic E-state index is 0.156. The van der Waals surface area contributed by atoms with Crippen molar-refractivity contribution >= 4 is 27.4 Å². The first-order valence-electron chi connectivity index (χ1n) is 11.0. The maximum Gasteiger partial charge on any atom is 0.393 e. The van der Waals surface area contributed by atoms with Crippen molar-refractivity contribution in [2.45, 2.75) is 38.4 Å². The number of nitrogens with zero attached hydrogens (tertiary/aromatic N) is 5. The normalized spacial score (nSPS) is 22.3. The summed E-state index contributed by atoms with van der Waals surface area (Å²) in [6.45, 7) is 5.87. The van der Waals surface area contributed by atoms with Crippen LogP contribution in [0, 0.1) is 16.7 Å². The van der Waals surface area contributed by atoms with Crippen LogP contribution in [0.5, 0.6) is 0 Å². The Morgan fingerprint density at radius 1 is 1.15 bits per heavy atom. The summed E-state index contributed by atoms with van der Waals surface area (Å²) in [4.78, 5) is 14.3. The molecule has 0 aliphatic carbocycles. The summed E-state index contributed by atoms with van der Waals surface area (Å²) in [6, 6.07) is 11.8. The van der Waals surface area contributed by atoms with E-state index in [0.717, 1.165) is 61.6 Å². The summed E-state index contributed by atoms with van der Waals surface area (Å²) >= 11 is 1.10. The molecule has 2 saturated heterocycles. The smallest absolute Gasteiger partial charge is 0.355 e. The van der Waals surface area contributed by atoms with Crippen molar-refractivity contribution < 1.29 is 13.2 Å². The summed E-state index contributed by atoms with van der Waals surface area (Å²) in [7, 11) is 0. The van der Waals surface area contributed by atoms with E-state index in [4.69, 9.17) is 5.26 Å². The van der Waals surface area contributed by atoms with Gasteiger partial charge in [0, 0.05) is 36.0 Å². The highest BCUT2D eigenvalue weighted by molar-refractivity contribution is 7.18. The third kappa shape index (κ3) is 4.42. The first kappa shape index (κ1) is 22.1. The molecule has 2 aromatic heterocycles. The minimum atomic E-state index is -4.23. The van der Waals surface area contributed by atoms with Crippen LogP contribution in [0.1, 0.15) is 41.8 Å². The van der Waals surface area contributed by atoms with Crippen LogP contribution >= 0.6 is 11.3 Å². The highest BCUT2D eigenvalue weighted by Crippen LogP contribution is 2.44. The van der Waals surface area contributed by atoms with E-state index in [2.05, 4.69) is 32.8 Å². The van der Waals surface area contributed by atoms with Crippen LogP contribution in [-0.4, -0.2) is 47.2 Å². The average molecular weight is 472 g/mol. The number of alkyl halides is 3. The van der Waals surface area contributed by atoms with Crippen molar-refractivity contribution in [3.8, 4) is 6.07 Å². The van der Waals surface area contributed by atoms with Crippen molar-refractivity contribution in [1.82, 2.24) is 14.9 Å². The number of rotatable bonds is 4. The van der Waals surface area contributed by atoms with Crippen LogP contribution in [-0.2, 0) is 6.42 Å². The molecule has 0 bridgehead atoms. The Balaban J connectivity index is 1.31. The van der Waals surface area contributed by atoms with Crippen molar-refractivity contribution in [2.24, 2.45) is 5.41 Å². The van der Waals surface area contributed by atoms with Crippen LogP contribution in [0.25, 0.3) is 10.2 Å². The minimum Gasteiger partial charge on any atom is -0.355 e. The van der Waals surface area contributed by atoms with E-state index < -0.39 is 12.6 Å². The molecule has 0 amide bonds. The summed E-state index contributed by atoms with van der Waals surface area (Å²) in [5.74, 6) is 0.750. The topological polar surface area (TPSA) is 56.1 Å². The van der Waals surface area contributed by atoms with Gasteiger partial charge in [-0.2, -0.15) is 18.4 Å². The van der Waals surface area contributed by atoms with Gasteiger partial charge in [-0.05, 0) is 50.1 Å². The molecular weight excluding hydrogens is 447 g/mol. The van der Waals surface area contributed by atoms with Gasteiger partial charge in [0.1, 0.15) is 17.0 Å². The van der Waals surface area contributed by atoms with Gasteiger partial charge in [0.05, 0.1) is 23.4 Å². The van der Waals surface area contributed by atoms with Crippen molar-refractivity contribution in [3.05, 3.63) is 52.7 Å². The molecule has 1 spiro atoms. The molecule has 4 heterocycles. The van der Waals surface area contributed by atoms with Crippen molar-refractivity contribution in [2.75, 3.05) is 31.1 Å². The number of anilines is 1. The summed E-state index contributed by atoms with van der Waals surface area (Å²) in [5, 5.41) is 9.75. The highest BCUT2D eigenvalue weighted by atomic mass is 32.1. The number of hydrogen-bond donors (Lipinski definition) is 0. The number of thiophene rings is 1. The SMILES string of the molecule is CC(c1ccc(C#N)cc1)N1CCC2(CCN(c3ncnc4sc(CC(F)(F)F)cc34)C2)C1. The molecule has 172 valence electrons. The van der Waals surface area contributed by atoms with Crippen LogP contribution in [0.2, 0.25) is 0 Å². The average Bonchev–Trinajstić information content (AvgIpc) is 3.50. The molecule has 2 atom stereocenters. The molecule has 3 aromatic rings. The Kier molecular flexibility index (Phi) is 5.53. The van der Waals surface area contributed by atoms with E-state index in [-0.39, 0.29) is 16.3 Å². The summed E-state index contributed by atoms with van der Waals surface area (Å²) in [6.07, 6.45) is -1.58. The number of nitriles is 1. The van der Waals surface area contributed by atoms with Gasteiger partial charge in [-0.3, -0.25) is 4.90 Å². The van der Waals surface area contributed by atoms with Crippen LogP contribution < -0.4 is 4.90 Å². The second-order valence-electron chi connectivity index (χ2n) is 9.22. The maximum atomic E-state index is 12.9. The monoisotopic (exact) mass is 471 g/mol. The first-order chi connectivity index (χ1) is 15.8. The lowest BCUT2D eigenvalue weighted by Gasteiger charge is -2.28. The van der Waals surface area contributed by atoms with Gasteiger partial charge in [0.25, 0.3) is 0 Å². The molecule has 5 rings (SSSR count). The van der Waals surface area contributed by atoms with E-state index in [0.29, 0.717) is 10.4 Å². The van der Waals surface area contributed by atoms with Crippen LogP contribution in [0.15, 0.2) is 36.7 Å². The predicted octanol–water partition coefficient (Wildman–Crippen LogP) is 5.33. The third-order valence-corrected chi connectivity index (χ3v) is 8.05. The fraction of sp³-hybridized carbons (Fsp3) is 0.458. The van der Waals surface area contributed by atoms with Gasteiger partial charge < -0.3 is 4.90 Å². The largest absolute Gasteiger partial charge is 0.393 e. The lowest BCUT2D eigenvalue weighted by atomic mass is 9.86. The van der Waals surface area contributed by atoms with E-state index in [9.17, 15) is 13.2 Å². The van der Waals surface area contributed by atoms with E-state index in [1.54, 1.807) is 6.07 Å². The van der Waals surface area contributed by atoms with Crippen molar-refractivity contribution in [3.63, 3.8) is 0 Å². The second-order valence-corrected chi connectivity index (χ2v) is 10.3. The van der Waals surface area contributed by atoms with Crippen LogP contribution in [0.3, 0.4) is 0 Å². The van der Waals surface area contributed by atoms with E-state index >= 15 is 0 Å². The fourth-order valence-corrected chi connectivity index (χ4v) is 6.25. The van der Waals surface area contributed by atoms with E-state index in [1.807, 2.05) is 24.3 Å². The Morgan fingerprint density at radius 3 is 2.64 bits per heavy atom. The number of fused-ring (bicyclic) bond motifs is 1. The predicted molar refractivity (Wildman–Crippen MR) is 122 cm³/mol. The van der Waals surface area contributed by atoms with Crippen molar-refractivity contribution in [1.29, 1.82) is 5.26 Å². The molecule has 2 unspecified atom stereocenters. The zero-order valence-electron chi connectivity index (χ0n) is 18.3. The number of hydrogen-bond acceptors (Lipinski definition) is 6. The maximum absolute atomic E-state index is 12.9. The molecular formula is C24H24F3N5S. The lowest BCUT2D eigenvalue weighted by molar-refractivity contribution is -0.126. The first-order valence-corrected chi connectivity index (χ1v) is 11.9. The molecule has 1 aromatic carbocycles. The number of benzene rings is 1. The number of aromatic nitrogens is 2. The van der Waals surface area contributed by atoms with Gasteiger partial charge in [-0.1, -0.05) is 12.1 Å². The quantitative estimate of drug-likeness (QED) is 0.515. The fourth-order valence-electron chi connectivity index (χ4n) is 5.23. The molecule has 2 aliphatic rings. The van der Waals surface area contributed by atoms with Gasteiger partial charge in [0.15, 0.2) is 0 Å². The third-order valence-electron chi connectivity index (χ3n) is 7.01. The number of halogens is 3. The Hall–Kier alpha value is -2.70. The second kappa shape index (κ2) is 8.26. The Bertz CT molecular complexity index is 1200. The standard InChI is InChI=1S/C24H24F3N5S/c1-16(18-4-2-17(12-28)3-5-18)31-8-6-23(13-31)7-9-32(14-23)21-20-10-19(11-24(25,26)27)33-22(20)30-15-29-21/h2-5,10,15-16H,6-9,11,13-14H2,1H3. The van der Waals surface area contributed by atoms with Gasteiger partial charge >= 0.3 is 6.18 Å². The molecule has 2 aliphatic heterocycles. The van der Waals surface area contributed by atoms with Gasteiger partial charge in [-0.25, -0.2) is 9.97 Å². The lowest BCUT2D eigenvalue weighted by Crippen LogP contribution is -2.32.